The van der Waals surface area contributed by atoms with Crippen LogP contribution >= 0.6 is 0 Å². The molecule has 0 saturated carbocycles. The van der Waals surface area contributed by atoms with E-state index in [0.29, 0.717) is 0 Å². The van der Waals surface area contributed by atoms with E-state index in [1.54, 1.807) is 0 Å². The van der Waals surface area contributed by atoms with Crippen LogP contribution < -0.4 is 15.7 Å². The van der Waals surface area contributed by atoms with Gasteiger partial charge in [0.25, 0.3) is 0 Å². The molecule has 334 valence electrons. The molecule has 0 spiro atoms. The zero-order valence-electron chi connectivity index (χ0n) is 42.4. The molecular formula is C64H65BN2. The first-order valence-corrected chi connectivity index (χ1v) is 25.2. The monoisotopic (exact) mass is 873 g/mol. The largest absolute Gasteiger partial charge is 0.376 e. The molecule has 13 rings (SSSR count). The van der Waals surface area contributed by atoms with E-state index in [9.17, 15) is 0 Å². The quantitative estimate of drug-likeness (QED) is 0.149. The summed E-state index contributed by atoms with van der Waals surface area (Å²) in [5.41, 5.74) is 29.1. The minimum atomic E-state index is -0.243. The fourth-order valence-electron chi connectivity index (χ4n) is 14.0. The predicted molar refractivity (Wildman–Crippen MR) is 288 cm³/mol. The number of rotatable bonds is 1. The van der Waals surface area contributed by atoms with Gasteiger partial charge in [-0.15, -0.1) is 0 Å². The maximum atomic E-state index is 2.79. The van der Waals surface area contributed by atoms with Crippen molar-refractivity contribution in [2.75, 3.05) is 4.81 Å². The second-order valence-electron chi connectivity index (χ2n) is 25.6. The van der Waals surface area contributed by atoms with E-state index in [1.165, 1.54) is 141 Å². The van der Waals surface area contributed by atoms with Crippen LogP contribution in [0.5, 0.6) is 0 Å². The lowest BCUT2D eigenvalue weighted by Gasteiger charge is -2.44. The Morgan fingerprint density at radius 3 is 1.75 bits per heavy atom. The van der Waals surface area contributed by atoms with Gasteiger partial charge in [0, 0.05) is 44.2 Å². The van der Waals surface area contributed by atoms with E-state index in [1.807, 2.05) is 0 Å². The summed E-state index contributed by atoms with van der Waals surface area (Å²) in [6.07, 6.45) is 2.36. The van der Waals surface area contributed by atoms with Gasteiger partial charge >= 0.3 is 6.85 Å². The van der Waals surface area contributed by atoms with Crippen LogP contribution in [0.15, 0.2) is 115 Å². The van der Waals surface area contributed by atoms with Gasteiger partial charge in [0.2, 0.25) is 0 Å². The van der Waals surface area contributed by atoms with E-state index in [4.69, 9.17) is 0 Å². The van der Waals surface area contributed by atoms with Gasteiger partial charge in [-0.1, -0.05) is 170 Å². The van der Waals surface area contributed by atoms with Gasteiger partial charge in [-0.05, 0) is 160 Å². The minimum absolute atomic E-state index is 0.0328. The van der Waals surface area contributed by atoms with E-state index in [2.05, 4.69) is 222 Å². The maximum Gasteiger partial charge on any atom is 0.333 e. The van der Waals surface area contributed by atoms with Crippen LogP contribution in [0.2, 0.25) is 0 Å². The molecule has 1 aromatic heterocycles. The Labute approximate surface area is 399 Å². The number of hydrogen-bond donors (Lipinski definition) is 0. The molecule has 0 radical (unpaired) electrons. The Hall–Kier alpha value is -5.80. The van der Waals surface area contributed by atoms with Crippen LogP contribution in [0, 0.1) is 0 Å². The van der Waals surface area contributed by atoms with Crippen molar-refractivity contribution in [2.45, 2.75) is 142 Å². The molecule has 0 N–H and O–H groups in total. The molecular weight excluding hydrogens is 808 g/mol. The fraction of sp³-hybridized carbons (Fsp3) is 0.344. The average Bonchev–Trinajstić information content (AvgIpc) is 3.82. The van der Waals surface area contributed by atoms with Gasteiger partial charge in [0.15, 0.2) is 0 Å². The van der Waals surface area contributed by atoms with E-state index in [-0.39, 0.29) is 39.3 Å². The highest BCUT2D eigenvalue weighted by atomic mass is 15.1. The summed E-state index contributed by atoms with van der Waals surface area (Å²) in [4.78, 5) is 2.76. The summed E-state index contributed by atoms with van der Waals surface area (Å²) < 4.78 is 2.79. The number of nitrogens with zero attached hydrogens (tertiary/aromatic N) is 2. The summed E-state index contributed by atoms with van der Waals surface area (Å²) >= 11 is 0. The van der Waals surface area contributed by atoms with Crippen LogP contribution in [-0.2, 0) is 32.5 Å². The average molecular weight is 873 g/mol. The topological polar surface area (TPSA) is 8.17 Å². The van der Waals surface area contributed by atoms with Gasteiger partial charge in [0.05, 0.1) is 11.0 Å². The van der Waals surface area contributed by atoms with Crippen molar-refractivity contribution < 1.29 is 0 Å². The molecule has 2 nitrogen and oxygen atoms in total. The zero-order chi connectivity index (χ0) is 46.9. The standard InChI is InChI=1S/C64H65BN2/c1-59(2,3)36-23-26-38(27-24-36)67-50-28-25-37(60(4,5)6)31-42(50)55-56-53(40-20-16-18-22-45(40)64(56,13)14)54-43-32-47-48(62(9,10)30-29-61(47,7)8)35-51(43)66-52-34-46-41(33-49(52)65(67)57(55)58(54)66)39-19-15-17-21-44(39)63(46,11)12/h15-28,31-35H,29-30H2,1-14H3. The first-order valence-electron chi connectivity index (χ1n) is 25.2. The Bertz CT molecular complexity index is 3540. The molecule has 0 unspecified atom stereocenters. The minimum Gasteiger partial charge on any atom is -0.376 e. The van der Waals surface area contributed by atoms with E-state index >= 15 is 0 Å². The molecule has 0 bridgehead atoms. The third-order valence-electron chi connectivity index (χ3n) is 17.9. The Morgan fingerprint density at radius 2 is 1.09 bits per heavy atom. The Kier molecular flexibility index (Phi) is 7.81. The third kappa shape index (κ3) is 5.19. The van der Waals surface area contributed by atoms with Gasteiger partial charge in [0.1, 0.15) is 0 Å². The van der Waals surface area contributed by atoms with Crippen molar-refractivity contribution in [3.05, 3.63) is 160 Å². The molecule has 67 heavy (non-hydrogen) atoms. The highest BCUT2D eigenvalue weighted by molar-refractivity contribution is 6.94. The van der Waals surface area contributed by atoms with Crippen molar-refractivity contribution in [1.29, 1.82) is 0 Å². The van der Waals surface area contributed by atoms with Crippen molar-refractivity contribution in [2.24, 2.45) is 0 Å². The molecule has 3 heteroatoms. The molecule has 7 aromatic carbocycles. The first kappa shape index (κ1) is 41.4. The molecule has 0 fully saturated rings. The number of benzene rings is 7. The number of anilines is 2. The molecule has 2 aliphatic heterocycles. The van der Waals surface area contributed by atoms with Crippen molar-refractivity contribution >= 4 is 51.0 Å². The molecule has 3 heterocycles. The molecule has 0 amide bonds. The van der Waals surface area contributed by atoms with Gasteiger partial charge in [-0.3, -0.25) is 0 Å². The summed E-state index contributed by atoms with van der Waals surface area (Å²) in [5.74, 6) is 0. The summed E-state index contributed by atoms with van der Waals surface area (Å²) in [7, 11) is 0. The smallest absolute Gasteiger partial charge is 0.333 e. The third-order valence-corrected chi connectivity index (χ3v) is 17.9. The molecule has 0 saturated heterocycles. The van der Waals surface area contributed by atoms with Gasteiger partial charge in [-0.25, -0.2) is 0 Å². The Morgan fingerprint density at radius 1 is 0.493 bits per heavy atom. The van der Waals surface area contributed by atoms with Crippen molar-refractivity contribution in [3.8, 4) is 39.1 Å². The predicted octanol–water partition coefficient (Wildman–Crippen LogP) is 15.6. The van der Waals surface area contributed by atoms with Crippen LogP contribution in [0.3, 0.4) is 0 Å². The lowest BCUT2D eigenvalue weighted by atomic mass is 9.43. The van der Waals surface area contributed by atoms with Crippen molar-refractivity contribution in [1.82, 2.24) is 4.57 Å². The summed E-state index contributed by atoms with van der Waals surface area (Å²) in [6.45, 7) is 33.9. The number of fused-ring (bicyclic) bond motifs is 17. The van der Waals surface area contributed by atoms with E-state index < -0.39 is 0 Å². The van der Waals surface area contributed by atoms with Crippen LogP contribution in [0.1, 0.15) is 154 Å². The van der Waals surface area contributed by atoms with Gasteiger partial charge in [-0.2, -0.15) is 0 Å². The van der Waals surface area contributed by atoms with E-state index in [0.717, 1.165) is 0 Å². The lowest BCUT2D eigenvalue weighted by molar-refractivity contribution is 0.332. The normalized spacial score (nSPS) is 18.3. The molecule has 8 aromatic rings. The van der Waals surface area contributed by atoms with Crippen molar-refractivity contribution in [3.63, 3.8) is 0 Å². The zero-order valence-corrected chi connectivity index (χ0v) is 42.4. The van der Waals surface area contributed by atoms with Crippen LogP contribution in [-0.4, -0.2) is 11.4 Å². The summed E-state index contributed by atoms with van der Waals surface area (Å²) in [5, 5.41) is 2.83. The Balaban J connectivity index is 1.29. The molecule has 3 aliphatic carbocycles. The number of hydrogen-bond acceptors (Lipinski definition) is 1. The highest BCUT2D eigenvalue weighted by Crippen LogP contribution is 2.61. The SMILES string of the molecule is CC(C)(C)c1ccc(N2B3c4cc5c(cc4-n4c6cc7c(cc6c6c8c(c(c3c64)-c3cc(C(C)(C)C)ccc32)C(C)(C)c2ccccc2-8)C(C)(C)CCC7(C)C)C(C)(C)c2ccccc2-5)cc1. The first-order chi connectivity index (χ1) is 31.5. The molecule has 5 aliphatic rings. The number of aromatic nitrogens is 1. The lowest BCUT2D eigenvalue weighted by Crippen LogP contribution is -2.61. The van der Waals surface area contributed by atoms with Crippen LogP contribution in [0.25, 0.3) is 60.9 Å². The highest BCUT2D eigenvalue weighted by Gasteiger charge is 2.52. The maximum absolute atomic E-state index is 2.79. The second-order valence-corrected chi connectivity index (χ2v) is 25.6. The fourth-order valence-corrected chi connectivity index (χ4v) is 14.0. The van der Waals surface area contributed by atoms with Gasteiger partial charge < -0.3 is 9.38 Å². The second kappa shape index (κ2) is 12.6. The van der Waals surface area contributed by atoms with Crippen LogP contribution in [0.4, 0.5) is 11.4 Å². The summed E-state index contributed by atoms with van der Waals surface area (Å²) in [6, 6.07) is 46.4. The molecule has 0 atom stereocenters.